The molecule has 0 aromatic heterocycles. The van der Waals surface area contributed by atoms with Crippen molar-refractivity contribution in [3.63, 3.8) is 0 Å². The highest BCUT2D eigenvalue weighted by atomic mass is 79.9. The van der Waals surface area contributed by atoms with Gasteiger partial charge < -0.3 is 5.32 Å². The third-order valence-corrected chi connectivity index (χ3v) is 3.84. The average molecular weight is 313 g/mol. The molecule has 0 aliphatic heterocycles. The van der Waals surface area contributed by atoms with Gasteiger partial charge >= 0.3 is 0 Å². The first-order valence-electron chi connectivity index (χ1n) is 6.28. The van der Waals surface area contributed by atoms with Gasteiger partial charge in [-0.05, 0) is 43.8 Å². The van der Waals surface area contributed by atoms with Crippen LogP contribution in [0.15, 0.2) is 22.7 Å². The molecular weight excluding hydrogens is 296 g/mol. The van der Waals surface area contributed by atoms with Crippen molar-refractivity contribution in [1.29, 1.82) is 0 Å². The van der Waals surface area contributed by atoms with E-state index in [1.807, 2.05) is 12.1 Å². The monoisotopic (exact) mass is 312 g/mol. The molecule has 5 heteroatoms. The highest BCUT2D eigenvalue weighted by Crippen LogP contribution is 2.50. The maximum Gasteiger partial charge on any atom is 0.274 e. The van der Waals surface area contributed by atoms with Crippen molar-refractivity contribution in [3.8, 4) is 0 Å². The van der Waals surface area contributed by atoms with Crippen molar-refractivity contribution in [2.24, 2.45) is 5.92 Å². The van der Waals surface area contributed by atoms with Gasteiger partial charge in [-0.3, -0.25) is 10.1 Å². The second kappa shape index (κ2) is 5.80. The van der Waals surface area contributed by atoms with Gasteiger partial charge in [0, 0.05) is 16.1 Å². The lowest BCUT2D eigenvalue weighted by Gasteiger charge is -2.04. The summed E-state index contributed by atoms with van der Waals surface area (Å²) in [5.74, 6) is 0.902. The molecule has 1 aliphatic rings. The number of rotatable bonds is 6. The molecule has 1 N–H and O–H groups in total. The Morgan fingerprint density at radius 1 is 1.56 bits per heavy atom. The topological polar surface area (TPSA) is 55.2 Å². The average Bonchev–Trinajstić information content (AvgIpc) is 3.08. The molecule has 4 nitrogen and oxygen atoms in total. The number of hydrogen-bond acceptors (Lipinski definition) is 3. The summed E-state index contributed by atoms with van der Waals surface area (Å²) in [4.78, 5) is 10.8. The molecule has 0 amide bonds. The molecule has 2 unspecified atom stereocenters. The number of nitro groups is 1. The summed E-state index contributed by atoms with van der Waals surface area (Å²) in [6.45, 7) is 4.12. The van der Waals surface area contributed by atoms with Gasteiger partial charge in [0.2, 0.25) is 0 Å². The predicted molar refractivity (Wildman–Crippen MR) is 74.8 cm³/mol. The predicted octanol–water partition coefficient (Wildman–Crippen LogP) is 3.46. The summed E-state index contributed by atoms with van der Waals surface area (Å²) in [5, 5.41) is 14.4. The van der Waals surface area contributed by atoms with E-state index in [2.05, 4.69) is 28.2 Å². The number of nitro benzene ring substituents is 1. The summed E-state index contributed by atoms with van der Waals surface area (Å²) in [5.41, 5.74) is 1.12. The summed E-state index contributed by atoms with van der Waals surface area (Å²) in [6.07, 6.45) is 2.18. The van der Waals surface area contributed by atoms with E-state index in [0.29, 0.717) is 11.8 Å². The molecule has 2 atom stereocenters. The molecule has 98 valence electrons. The van der Waals surface area contributed by atoms with E-state index < -0.39 is 0 Å². The summed E-state index contributed by atoms with van der Waals surface area (Å²) in [6, 6.07) is 5.37. The van der Waals surface area contributed by atoms with Crippen LogP contribution in [0.1, 0.15) is 31.2 Å². The van der Waals surface area contributed by atoms with Gasteiger partial charge in [-0.15, -0.1) is 0 Å². The van der Waals surface area contributed by atoms with Crippen LogP contribution in [0, 0.1) is 16.0 Å². The van der Waals surface area contributed by atoms with E-state index in [1.54, 1.807) is 6.07 Å². The van der Waals surface area contributed by atoms with E-state index >= 15 is 0 Å². The van der Waals surface area contributed by atoms with Crippen LogP contribution in [0.3, 0.4) is 0 Å². The molecule has 1 aromatic carbocycles. The quantitative estimate of drug-likeness (QED) is 0.497. The standard InChI is InChI=1S/C13H17BrN2O2/c1-2-5-15-8-9-6-12(9)11-4-3-10(14)7-13(11)16(17)18/h3-4,7,9,12,15H,2,5-6,8H2,1H3. The Morgan fingerprint density at radius 2 is 2.33 bits per heavy atom. The lowest BCUT2D eigenvalue weighted by Crippen LogP contribution is -2.17. The summed E-state index contributed by atoms with van der Waals surface area (Å²) < 4.78 is 0.763. The second-order valence-corrected chi connectivity index (χ2v) is 5.68. The Bertz CT molecular complexity index is 451. The zero-order valence-corrected chi connectivity index (χ0v) is 11.9. The molecule has 1 aliphatic carbocycles. The SMILES string of the molecule is CCCNCC1CC1c1ccc(Br)cc1[N+](=O)[O-]. The normalized spacial score (nSPS) is 21.9. The third-order valence-electron chi connectivity index (χ3n) is 3.34. The molecule has 18 heavy (non-hydrogen) atoms. The lowest BCUT2D eigenvalue weighted by atomic mass is 10.1. The molecule has 1 aromatic rings. The minimum atomic E-state index is -0.283. The van der Waals surface area contributed by atoms with Crippen molar-refractivity contribution in [2.45, 2.75) is 25.7 Å². The van der Waals surface area contributed by atoms with Crippen molar-refractivity contribution in [2.75, 3.05) is 13.1 Å². The molecule has 1 fully saturated rings. The van der Waals surface area contributed by atoms with Crippen LogP contribution in [-0.2, 0) is 0 Å². The number of halogens is 1. The van der Waals surface area contributed by atoms with Gasteiger partial charge in [0.25, 0.3) is 5.69 Å². The van der Waals surface area contributed by atoms with E-state index in [1.165, 1.54) is 0 Å². The second-order valence-electron chi connectivity index (χ2n) is 4.77. The minimum Gasteiger partial charge on any atom is -0.316 e. The zero-order valence-electron chi connectivity index (χ0n) is 10.4. The molecule has 2 rings (SSSR count). The van der Waals surface area contributed by atoms with Crippen LogP contribution in [-0.4, -0.2) is 18.0 Å². The molecular formula is C13H17BrN2O2. The summed E-state index contributed by atoms with van der Waals surface area (Å²) >= 11 is 3.28. The Morgan fingerprint density at radius 3 is 3.00 bits per heavy atom. The summed E-state index contributed by atoms with van der Waals surface area (Å²) in [7, 11) is 0. The van der Waals surface area contributed by atoms with Crippen LogP contribution < -0.4 is 5.32 Å². The number of benzene rings is 1. The Hall–Kier alpha value is -0.940. The van der Waals surface area contributed by atoms with Crippen molar-refractivity contribution >= 4 is 21.6 Å². The van der Waals surface area contributed by atoms with E-state index in [4.69, 9.17) is 0 Å². The number of nitrogens with one attached hydrogen (secondary N) is 1. The van der Waals surface area contributed by atoms with Crippen LogP contribution in [0.25, 0.3) is 0 Å². The first-order valence-corrected chi connectivity index (χ1v) is 7.07. The molecule has 0 bridgehead atoms. The molecule has 0 saturated heterocycles. The van der Waals surface area contributed by atoms with Crippen molar-refractivity contribution < 1.29 is 4.92 Å². The van der Waals surface area contributed by atoms with Gasteiger partial charge in [-0.1, -0.05) is 28.9 Å². The van der Waals surface area contributed by atoms with E-state index in [0.717, 1.165) is 36.0 Å². The molecule has 0 spiro atoms. The number of hydrogen-bond donors (Lipinski definition) is 1. The highest BCUT2D eigenvalue weighted by Gasteiger charge is 2.41. The van der Waals surface area contributed by atoms with Crippen molar-refractivity contribution in [1.82, 2.24) is 5.32 Å². The van der Waals surface area contributed by atoms with Crippen molar-refractivity contribution in [3.05, 3.63) is 38.3 Å². The van der Waals surface area contributed by atoms with Crippen LogP contribution in [0.2, 0.25) is 0 Å². The Kier molecular flexibility index (Phi) is 4.35. The minimum absolute atomic E-state index is 0.243. The van der Waals surface area contributed by atoms with Gasteiger partial charge in [0.05, 0.1) is 4.92 Å². The molecule has 0 heterocycles. The fraction of sp³-hybridized carbons (Fsp3) is 0.538. The number of nitrogens with zero attached hydrogens (tertiary/aromatic N) is 1. The van der Waals surface area contributed by atoms with Gasteiger partial charge in [-0.25, -0.2) is 0 Å². The van der Waals surface area contributed by atoms with E-state index in [9.17, 15) is 10.1 Å². The highest BCUT2D eigenvalue weighted by molar-refractivity contribution is 9.10. The smallest absolute Gasteiger partial charge is 0.274 e. The van der Waals surface area contributed by atoms with Crippen LogP contribution in [0.5, 0.6) is 0 Å². The van der Waals surface area contributed by atoms with Gasteiger partial charge in [-0.2, -0.15) is 0 Å². The van der Waals surface area contributed by atoms with E-state index in [-0.39, 0.29) is 10.6 Å². The lowest BCUT2D eigenvalue weighted by molar-refractivity contribution is -0.385. The largest absolute Gasteiger partial charge is 0.316 e. The fourth-order valence-electron chi connectivity index (χ4n) is 2.31. The van der Waals surface area contributed by atoms with Gasteiger partial charge in [0.1, 0.15) is 0 Å². The first kappa shape index (κ1) is 13.5. The molecule has 1 saturated carbocycles. The Balaban J connectivity index is 2.04. The molecule has 0 radical (unpaired) electrons. The van der Waals surface area contributed by atoms with Crippen LogP contribution >= 0.6 is 15.9 Å². The zero-order chi connectivity index (χ0) is 13.1. The fourth-order valence-corrected chi connectivity index (χ4v) is 2.66. The van der Waals surface area contributed by atoms with Crippen LogP contribution in [0.4, 0.5) is 5.69 Å². The Labute approximate surface area is 115 Å². The third kappa shape index (κ3) is 3.09. The maximum atomic E-state index is 11.0. The maximum absolute atomic E-state index is 11.0. The first-order chi connectivity index (χ1) is 8.63. The van der Waals surface area contributed by atoms with Gasteiger partial charge in [0.15, 0.2) is 0 Å².